The molecule has 1 aliphatic heterocycles. The Balaban J connectivity index is 1.79. The second-order valence-electron chi connectivity index (χ2n) is 5.61. The number of carbonyl (C=O) groups excluding carboxylic acids is 1. The highest BCUT2D eigenvalue weighted by atomic mass is 16.5. The molecule has 4 heteroatoms. The average Bonchev–Trinajstić information content (AvgIpc) is 2.53. The monoisotopic (exact) mass is 291 g/mol. The van der Waals surface area contributed by atoms with Gasteiger partial charge in [0.05, 0.1) is 13.7 Å². The van der Waals surface area contributed by atoms with Crippen molar-refractivity contribution in [1.82, 2.24) is 4.90 Å². The van der Waals surface area contributed by atoms with Gasteiger partial charge in [-0.05, 0) is 50.9 Å². The fraction of sp³-hybridized carbons (Fsp3) is 0.588. The Hall–Kier alpha value is -1.55. The number of hydrogen-bond acceptors (Lipinski definition) is 4. The predicted octanol–water partition coefficient (Wildman–Crippen LogP) is 3.15. The van der Waals surface area contributed by atoms with E-state index in [9.17, 15) is 4.79 Å². The van der Waals surface area contributed by atoms with Crippen molar-refractivity contribution < 1.29 is 14.3 Å². The van der Waals surface area contributed by atoms with Crippen molar-refractivity contribution in [3.05, 3.63) is 23.8 Å². The first-order chi connectivity index (χ1) is 10.2. The summed E-state index contributed by atoms with van der Waals surface area (Å²) >= 11 is 0. The molecule has 116 valence electrons. The number of hydrogen-bond donors (Lipinski definition) is 0. The topological polar surface area (TPSA) is 38.8 Å². The van der Waals surface area contributed by atoms with Gasteiger partial charge in [-0.2, -0.15) is 0 Å². The van der Waals surface area contributed by atoms with Crippen molar-refractivity contribution in [3.8, 4) is 11.5 Å². The summed E-state index contributed by atoms with van der Waals surface area (Å²) in [7, 11) is 1.59. The molecule has 1 aliphatic rings. The number of benzene rings is 1. The first kappa shape index (κ1) is 15.8. The lowest BCUT2D eigenvalue weighted by atomic mass is 10.0. The Morgan fingerprint density at radius 2 is 2.19 bits per heavy atom. The summed E-state index contributed by atoms with van der Waals surface area (Å²) in [5.74, 6) is 1.32. The smallest absolute Gasteiger partial charge is 0.161 e. The highest BCUT2D eigenvalue weighted by Gasteiger charge is 2.17. The van der Waals surface area contributed by atoms with Crippen molar-refractivity contribution >= 4 is 6.29 Å². The van der Waals surface area contributed by atoms with Gasteiger partial charge in [0.1, 0.15) is 6.29 Å². The van der Waals surface area contributed by atoms with E-state index in [4.69, 9.17) is 9.47 Å². The molecule has 0 aliphatic carbocycles. The number of rotatable bonds is 7. The quantitative estimate of drug-likeness (QED) is 0.571. The molecule has 1 saturated heterocycles. The van der Waals surface area contributed by atoms with E-state index in [2.05, 4.69) is 11.8 Å². The summed E-state index contributed by atoms with van der Waals surface area (Å²) in [4.78, 5) is 13.3. The van der Waals surface area contributed by atoms with Crippen LogP contribution in [0.5, 0.6) is 11.5 Å². The van der Waals surface area contributed by atoms with E-state index in [0.29, 0.717) is 29.7 Å². The molecule has 4 nitrogen and oxygen atoms in total. The third-order valence-electron chi connectivity index (χ3n) is 4.11. The summed E-state index contributed by atoms with van der Waals surface area (Å²) in [6.07, 6.45) is 5.79. The van der Waals surface area contributed by atoms with E-state index < -0.39 is 0 Å². The van der Waals surface area contributed by atoms with E-state index in [1.807, 2.05) is 0 Å². The Labute approximate surface area is 127 Å². The van der Waals surface area contributed by atoms with Gasteiger partial charge in [0.25, 0.3) is 0 Å². The van der Waals surface area contributed by atoms with Crippen LogP contribution in [0.1, 0.15) is 43.0 Å². The highest BCUT2D eigenvalue weighted by Crippen LogP contribution is 2.27. The SMILES string of the molecule is COc1cc(C=O)ccc1OCCCN1CCCC[C@H]1C. The zero-order valence-corrected chi connectivity index (χ0v) is 13.0. The summed E-state index contributed by atoms with van der Waals surface area (Å²) in [6.45, 7) is 5.26. The molecule has 0 spiro atoms. The molecule has 0 amide bonds. The van der Waals surface area contributed by atoms with Crippen molar-refractivity contribution in [2.45, 2.75) is 38.6 Å². The molecule has 0 radical (unpaired) electrons. The third kappa shape index (κ3) is 4.46. The molecule has 1 aromatic rings. The third-order valence-corrected chi connectivity index (χ3v) is 4.11. The zero-order chi connectivity index (χ0) is 15.1. The van der Waals surface area contributed by atoms with Crippen LogP contribution in [0.15, 0.2) is 18.2 Å². The zero-order valence-electron chi connectivity index (χ0n) is 13.0. The van der Waals surface area contributed by atoms with Gasteiger partial charge >= 0.3 is 0 Å². The van der Waals surface area contributed by atoms with Crippen LogP contribution in [-0.4, -0.2) is 44.0 Å². The minimum absolute atomic E-state index is 0.598. The molecule has 0 bridgehead atoms. The molecule has 1 aromatic carbocycles. The van der Waals surface area contributed by atoms with E-state index in [1.54, 1.807) is 25.3 Å². The second kappa shape index (κ2) is 8.03. The van der Waals surface area contributed by atoms with Gasteiger partial charge < -0.3 is 14.4 Å². The normalized spacial score (nSPS) is 19.2. The standard InChI is InChI=1S/C17H25NO3/c1-14-6-3-4-9-18(14)10-5-11-21-16-8-7-15(13-19)12-17(16)20-2/h7-8,12-14H,3-6,9-11H2,1-2H3/t14-/m1/s1. The first-order valence-electron chi connectivity index (χ1n) is 7.74. The van der Waals surface area contributed by atoms with Crippen LogP contribution in [0, 0.1) is 0 Å². The summed E-state index contributed by atoms with van der Waals surface area (Å²) in [6, 6.07) is 5.94. The lowest BCUT2D eigenvalue weighted by Crippen LogP contribution is -2.38. The Bertz CT molecular complexity index is 461. The maximum Gasteiger partial charge on any atom is 0.161 e. The Kier molecular flexibility index (Phi) is 6.05. The molecule has 2 rings (SSSR count). The average molecular weight is 291 g/mol. The molecule has 0 N–H and O–H groups in total. The van der Waals surface area contributed by atoms with Gasteiger partial charge in [0, 0.05) is 18.2 Å². The van der Waals surface area contributed by atoms with E-state index >= 15 is 0 Å². The van der Waals surface area contributed by atoms with Crippen molar-refractivity contribution in [2.24, 2.45) is 0 Å². The second-order valence-corrected chi connectivity index (χ2v) is 5.61. The van der Waals surface area contributed by atoms with Crippen LogP contribution in [-0.2, 0) is 0 Å². The van der Waals surface area contributed by atoms with Crippen LogP contribution in [0.2, 0.25) is 0 Å². The lowest BCUT2D eigenvalue weighted by Gasteiger charge is -2.33. The number of aldehydes is 1. The summed E-state index contributed by atoms with van der Waals surface area (Å²) in [5, 5.41) is 0. The van der Waals surface area contributed by atoms with Crippen LogP contribution >= 0.6 is 0 Å². The summed E-state index contributed by atoms with van der Waals surface area (Å²) < 4.78 is 11.0. The predicted molar refractivity (Wildman–Crippen MR) is 83.4 cm³/mol. The molecular weight excluding hydrogens is 266 g/mol. The number of methoxy groups -OCH3 is 1. The molecule has 21 heavy (non-hydrogen) atoms. The molecular formula is C17H25NO3. The van der Waals surface area contributed by atoms with Gasteiger partial charge in [0.2, 0.25) is 0 Å². The number of carbonyl (C=O) groups is 1. The van der Waals surface area contributed by atoms with Gasteiger partial charge in [-0.1, -0.05) is 6.42 Å². The van der Waals surface area contributed by atoms with Gasteiger partial charge in [-0.3, -0.25) is 4.79 Å². The minimum Gasteiger partial charge on any atom is -0.493 e. The van der Waals surface area contributed by atoms with Crippen molar-refractivity contribution in [3.63, 3.8) is 0 Å². The first-order valence-corrected chi connectivity index (χ1v) is 7.74. The molecule has 0 aromatic heterocycles. The van der Waals surface area contributed by atoms with Crippen LogP contribution in [0.3, 0.4) is 0 Å². The Morgan fingerprint density at radius 3 is 2.90 bits per heavy atom. The fourth-order valence-corrected chi connectivity index (χ4v) is 2.82. The largest absolute Gasteiger partial charge is 0.493 e. The van der Waals surface area contributed by atoms with E-state index in [1.165, 1.54) is 25.8 Å². The molecule has 0 unspecified atom stereocenters. The minimum atomic E-state index is 0.598. The van der Waals surface area contributed by atoms with E-state index in [0.717, 1.165) is 19.3 Å². The molecule has 1 fully saturated rings. The maximum atomic E-state index is 10.8. The van der Waals surface area contributed by atoms with Crippen molar-refractivity contribution in [1.29, 1.82) is 0 Å². The van der Waals surface area contributed by atoms with E-state index in [-0.39, 0.29) is 0 Å². The van der Waals surface area contributed by atoms with Crippen molar-refractivity contribution in [2.75, 3.05) is 26.8 Å². The van der Waals surface area contributed by atoms with Crippen LogP contribution in [0.25, 0.3) is 0 Å². The fourth-order valence-electron chi connectivity index (χ4n) is 2.82. The highest BCUT2D eigenvalue weighted by molar-refractivity contribution is 5.76. The Morgan fingerprint density at radius 1 is 1.33 bits per heavy atom. The van der Waals surface area contributed by atoms with Gasteiger partial charge in [-0.25, -0.2) is 0 Å². The maximum absolute atomic E-state index is 10.8. The molecule has 1 atom stereocenters. The van der Waals surface area contributed by atoms with Gasteiger partial charge in [0.15, 0.2) is 11.5 Å². The summed E-state index contributed by atoms with van der Waals surface area (Å²) in [5.41, 5.74) is 0.598. The molecule has 1 heterocycles. The molecule has 0 saturated carbocycles. The number of ether oxygens (including phenoxy) is 2. The lowest BCUT2D eigenvalue weighted by molar-refractivity contribution is 0.112. The van der Waals surface area contributed by atoms with Crippen LogP contribution in [0.4, 0.5) is 0 Å². The number of likely N-dealkylation sites (tertiary alicyclic amines) is 1. The van der Waals surface area contributed by atoms with Crippen LogP contribution < -0.4 is 9.47 Å². The number of piperidine rings is 1. The number of nitrogens with zero attached hydrogens (tertiary/aromatic N) is 1. The van der Waals surface area contributed by atoms with Gasteiger partial charge in [-0.15, -0.1) is 0 Å².